The molecular formula is C26H22O5. The molecule has 0 spiro atoms. The molecule has 156 valence electrons. The average Bonchev–Trinajstić information content (AvgIpc) is 2.83. The van der Waals surface area contributed by atoms with Crippen molar-refractivity contribution >= 4 is 16.7 Å². The summed E-state index contributed by atoms with van der Waals surface area (Å²) in [6.45, 7) is 0. The van der Waals surface area contributed by atoms with Gasteiger partial charge in [-0.2, -0.15) is 0 Å². The first-order chi connectivity index (χ1) is 15.1. The number of fused-ring (bicyclic) bond motifs is 1. The molecule has 0 amide bonds. The van der Waals surface area contributed by atoms with Crippen LogP contribution in [0, 0.1) is 0 Å². The Kier molecular flexibility index (Phi) is 5.50. The molecule has 5 nitrogen and oxygen atoms in total. The Morgan fingerprint density at radius 2 is 1.16 bits per heavy atom. The van der Waals surface area contributed by atoms with E-state index in [9.17, 15) is 9.90 Å². The highest BCUT2D eigenvalue weighted by atomic mass is 16.5. The summed E-state index contributed by atoms with van der Waals surface area (Å²) >= 11 is 0. The summed E-state index contributed by atoms with van der Waals surface area (Å²) in [6.07, 6.45) is 0. The van der Waals surface area contributed by atoms with E-state index in [2.05, 4.69) is 0 Å². The lowest BCUT2D eigenvalue weighted by molar-refractivity contribution is 0.0600. The number of esters is 1. The lowest BCUT2D eigenvalue weighted by atomic mass is 9.86. The summed E-state index contributed by atoms with van der Waals surface area (Å²) in [6, 6.07) is 22.5. The van der Waals surface area contributed by atoms with Gasteiger partial charge in [0.2, 0.25) is 0 Å². The van der Waals surface area contributed by atoms with Crippen LogP contribution in [0.1, 0.15) is 10.4 Å². The number of phenols is 1. The molecule has 0 saturated carbocycles. The number of rotatable bonds is 5. The van der Waals surface area contributed by atoms with E-state index in [1.165, 1.54) is 7.11 Å². The Balaban J connectivity index is 2.13. The fourth-order valence-electron chi connectivity index (χ4n) is 3.83. The van der Waals surface area contributed by atoms with Crippen molar-refractivity contribution in [1.82, 2.24) is 0 Å². The minimum atomic E-state index is -0.593. The predicted octanol–water partition coefficient (Wildman–Crippen LogP) is 5.68. The van der Waals surface area contributed by atoms with E-state index in [0.29, 0.717) is 16.7 Å². The molecule has 0 atom stereocenters. The van der Waals surface area contributed by atoms with Crippen molar-refractivity contribution < 1.29 is 24.1 Å². The molecule has 0 aliphatic heterocycles. The fraction of sp³-hybridized carbons (Fsp3) is 0.115. The monoisotopic (exact) mass is 414 g/mol. The fourth-order valence-corrected chi connectivity index (χ4v) is 3.83. The third kappa shape index (κ3) is 3.55. The largest absolute Gasteiger partial charge is 0.506 e. The van der Waals surface area contributed by atoms with Gasteiger partial charge in [-0.1, -0.05) is 48.5 Å². The summed E-state index contributed by atoms with van der Waals surface area (Å²) in [4.78, 5) is 12.6. The molecule has 0 unspecified atom stereocenters. The quantitative estimate of drug-likeness (QED) is 0.426. The van der Waals surface area contributed by atoms with Crippen LogP contribution in [0.3, 0.4) is 0 Å². The average molecular weight is 414 g/mol. The zero-order chi connectivity index (χ0) is 22.0. The van der Waals surface area contributed by atoms with E-state index < -0.39 is 5.97 Å². The maximum absolute atomic E-state index is 12.6. The third-order valence-electron chi connectivity index (χ3n) is 5.34. The molecule has 0 radical (unpaired) electrons. The molecular weight excluding hydrogens is 392 g/mol. The number of aromatic hydroxyl groups is 1. The van der Waals surface area contributed by atoms with Crippen LogP contribution in [0.5, 0.6) is 17.2 Å². The first kappa shape index (κ1) is 20.3. The van der Waals surface area contributed by atoms with Gasteiger partial charge < -0.3 is 19.3 Å². The molecule has 0 aliphatic rings. The Morgan fingerprint density at radius 1 is 0.677 bits per heavy atom. The van der Waals surface area contributed by atoms with Gasteiger partial charge in [0.25, 0.3) is 0 Å². The molecule has 4 aromatic rings. The molecule has 0 heterocycles. The van der Waals surface area contributed by atoms with Gasteiger partial charge in [-0.3, -0.25) is 0 Å². The van der Waals surface area contributed by atoms with Crippen LogP contribution in [0.4, 0.5) is 0 Å². The zero-order valence-corrected chi connectivity index (χ0v) is 17.5. The van der Waals surface area contributed by atoms with Gasteiger partial charge in [-0.25, -0.2) is 4.79 Å². The molecule has 31 heavy (non-hydrogen) atoms. The van der Waals surface area contributed by atoms with Crippen molar-refractivity contribution in [2.24, 2.45) is 0 Å². The summed E-state index contributed by atoms with van der Waals surface area (Å²) in [7, 11) is 4.52. The molecule has 0 bridgehead atoms. The molecule has 4 rings (SSSR count). The lowest BCUT2D eigenvalue weighted by Gasteiger charge is -2.19. The number of methoxy groups -OCH3 is 3. The first-order valence-corrected chi connectivity index (χ1v) is 9.73. The van der Waals surface area contributed by atoms with Crippen LogP contribution >= 0.6 is 0 Å². The standard InChI is InChI=1S/C26H22O5/c1-29-18-12-8-16(9-13-18)22-20-6-4-5-7-21(20)24(26(28)31-3)25(27)23(22)17-10-14-19(30-2)15-11-17/h4-15,27H,1-3H3. The number of phenolic OH excluding ortho intramolecular Hbond substituents is 1. The molecule has 5 heteroatoms. The highest BCUT2D eigenvalue weighted by Gasteiger charge is 2.25. The second-order valence-electron chi connectivity index (χ2n) is 6.97. The van der Waals surface area contributed by atoms with Gasteiger partial charge in [-0.15, -0.1) is 0 Å². The van der Waals surface area contributed by atoms with Crippen LogP contribution in [-0.4, -0.2) is 32.4 Å². The van der Waals surface area contributed by atoms with Gasteiger partial charge in [0.05, 0.1) is 21.3 Å². The number of carbonyl (C=O) groups excluding carboxylic acids is 1. The number of ether oxygens (including phenoxy) is 3. The first-order valence-electron chi connectivity index (χ1n) is 9.73. The van der Waals surface area contributed by atoms with Crippen LogP contribution < -0.4 is 9.47 Å². The van der Waals surface area contributed by atoms with E-state index >= 15 is 0 Å². The zero-order valence-electron chi connectivity index (χ0n) is 17.5. The van der Waals surface area contributed by atoms with Gasteiger partial charge >= 0.3 is 5.97 Å². The van der Waals surface area contributed by atoms with E-state index in [1.54, 1.807) is 14.2 Å². The number of hydrogen-bond donors (Lipinski definition) is 1. The highest BCUT2D eigenvalue weighted by molar-refractivity contribution is 6.16. The van der Waals surface area contributed by atoms with Gasteiger partial charge in [0, 0.05) is 16.5 Å². The molecule has 4 aromatic carbocycles. The molecule has 1 N–H and O–H groups in total. The van der Waals surface area contributed by atoms with Crippen molar-refractivity contribution in [3.8, 4) is 39.5 Å². The van der Waals surface area contributed by atoms with Crippen molar-refractivity contribution in [2.45, 2.75) is 0 Å². The van der Waals surface area contributed by atoms with E-state index in [-0.39, 0.29) is 11.3 Å². The van der Waals surface area contributed by atoms with Crippen molar-refractivity contribution in [3.05, 3.63) is 78.4 Å². The van der Waals surface area contributed by atoms with Gasteiger partial charge in [-0.05, 0) is 40.8 Å². The summed E-state index contributed by atoms with van der Waals surface area (Å²) in [5, 5.41) is 12.8. The SMILES string of the molecule is COC(=O)c1c(O)c(-c2ccc(OC)cc2)c(-c2ccc(OC)cc2)c2ccccc12. The maximum Gasteiger partial charge on any atom is 0.342 e. The number of hydrogen-bond acceptors (Lipinski definition) is 5. The number of benzene rings is 4. The third-order valence-corrected chi connectivity index (χ3v) is 5.34. The minimum absolute atomic E-state index is 0.124. The Bertz CT molecular complexity index is 1240. The van der Waals surface area contributed by atoms with Crippen LogP contribution in [0.25, 0.3) is 33.0 Å². The van der Waals surface area contributed by atoms with Crippen molar-refractivity contribution in [3.63, 3.8) is 0 Å². The Labute approximate surface area is 180 Å². The van der Waals surface area contributed by atoms with E-state index in [1.807, 2.05) is 72.8 Å². The van der Waals surface area contributed by atoms with E-state index in [0.717, 1.165) is 27.8 Å². The molecule has 0 fully saturated rings. The summed E-state index contributed by atoms with van der Waals surface area (Å²) in [5.41, 5.74) is 3.14. The maximum atomic E-state index is 12.6. The number of carbonyl (C=O) groups is 1. The minimum Gasteiger partial charge on any atom is -0.506 e. The molecule has 0 aromatic heterocycles. The smallest absolute Gasteiger partial charge is 0.342 e. The van der Waals surface area contributed by atoms with Crippen LogP contribution in [0.2, 0.25) is 0 Å². The second kappa shape index (κ2) is 8.40. The molecule has 0 saturated heterocycles. The highest BCUT2D eigenvalue weighted by Crippen LogP contribution is 2.47. The van der Waals surface area contributed by atoms with Crippen molar-refractivity contribution in [1.29, 1.82) is 0 Å². The Morgan fingerprint density at radius 3 is 1.65 bits per heavy atom. The topological polar surface area (TPSA) is 65.0 Å². The second-order valence-corrected chi connectivity index (χ2v) is 6.97. The van der Waals surface area contributed by atoms with Gasteiger partial charge in [0.1, 0.15) is 22.8 Å². The lowest BCUT2D eigenvalue weighted by Crippen LogP contribution is -2.05. The van der Waals surface area contributed by atoms with Crippen molar-refractivity contribution in [2.75, 3.05) is 21.3 Å². The summed E-state index contributed by atoms with van der Waals surface area (Å²) < 4.78 is 15.6. The Hall–Kier alpha value is -3.99. The van der Waals surface area contributed by atoms with Crippen LogP contribution in [0.15, 0.2) is 72.8 Å². The van der Waals surface area contributed by atoms with E-state index in [4.69, 9.17) is 14.2 Å². The normalized spacial score (nSPS) is 10.7. The van der Waals surface area contributed by atoms with Crippen LogP contribution in [-0.2, 0) is 4.74 Å². The predicted molar refractivity (Wildman–Crippen MR) is 121 cm³/mol. The van der Waals surface area contributed by atoms with Gasteiger partial charge in [0.15, 0.2) is 0 Å². The molecule has 0 aliphatic carbocycles. The summed E-state index contributed by atoms with van der Waals surface area (Å²) in [5.74, 6) is 0.712.